The van der Waals surface area contributed by atoms with Gasteiger partial charge in [-0.2, -0.15) is 0 Å². The summed E-state index contributed by atoms with van der Waals surface area (Å²) in [5, 5.41) is 0.218. The van der Waals surface area contributed by atoms with Gasteiger partial charge in [-0.3, -0.25) is 0 Å². The molecule has 0 aliphatic heterocycles. The van der Waals surface area contributed by atoms with Crippen LogP contribution in [0.15, 0.2) is 23.8 Å². The molecule has 0 spiro atoms. The van der Waals surface area contributed by atoms with E-state index in [1.807, 2.05) is 13.0 Å². The highest BCUT2D eigenvalue weighted by molar-refractivity contribution is 6.74. The van der Waals surface area contributed by atoms with Gasteiger partial charge in [0.2, 0.25) is 0 Å². The van der Waals surface area contributed by atoms with Crippen molar-refractivity contribution in [2.45, 2.75) is 52.8 Å². The number of hydrogen-bond acceptors (Lipinski definition) is 3. The van der Waals surface area contributed by atoms with Gasteiger partial charge in [-0.15, -0.1) is 0 Å². The Bertz CT molecular complexity index is 349. The van der Waals surface area contributed by atoms with Crippen LogP contribution in [0, 0.1) is 0 Å². The van der Waals surface area contributed by atoms with Gasteiger partial charge in [-0.1, -0.05) is 38.5 Å². The molecule has 0 unspecified atom stereocenters. The van der Waals surface area contributed by atoms with Gasteiger partial charge in [0.1, 0.15) is 0 Å². The van der Waals surface area contributed by atoms with Crippen molar-refractivity contribution in [2.24, 2.45) is 0 Å². The van der Waals surface area contributed by atoms with Gasteiger partial charge in [0.05, 0.1) is 13.2 Å². The summed E-state index contributed by atoms with van der Waals surface area (Å²) in [7, 11) is -1.69. The largest absolute Gasteiger partial charge is 0.463 e. The lowest BCUT2D eigenvalue weighted by molar-refractivity contribution is -0.137. The Kier molecular flexibility index (Phi) is 7.30. The third-order valence-corrected chi connectivity index (χ3v) is 7.93. The number of rotatable bonds is 6. The number of carbonyl (C=O) groups is 1. The van der Waals surface area contributed by atoms with Crippen LogP contribution in [-0.4, -0.2) is 27.5 Å². The van der Waals surface area contributed by atoms with Gasteiger partial charge in [0.15, 0.2) is 8.32 Å². The van der Waals surface area contributed by atoms with E-state index < -0.39 is 8.32 Å². The minimum Gasteiger partial charge on any atom is -0.463 e. The highest BCUT2D eigenvalue weighted by atomic mass is 28.4. The average molecular weight is 284 g/mol. The summed E-state index contributed by atoms with van der Waals surface area (Å²) in [5.41, 5.74) is 1.01. The zero-order valence-corrected chi connectivity index (χ0v) is 14.4. The smallest absolute Gasteiger partial charge is 0.330 e. The molecule has 0 aromatic heterocycles. The SMILES string of the molecule is CCOC(=O)/C=C/C(C)=C/CO[Si](C)(C)C(C)(C)C. The minimum atomic E-state index is -1.69. The van der Waals surface area contributed by atoms with Crippen LogP contribution in [0.3, 0.4) is 0 Å². The first-order chi connectivity index (χ1) is 8.60. The summed E-state index contributed by atoms with van der Waals surface area (Å²) >= 11 is 0. The monoisotopic (exact) mass is 284 g/mol. The Morgan fingerprint density at radius 3 is 2.26 bits per heavy atom. The van der Waals surface area contributed by atoms with E-state index in [0.29, 0.717) is 13.2 Å². The van der Waals surface area contributed by atoms with Gasteiger partial charge in [-0.05, 0) is 32.0 Å². The van der Waals surface area contributed by atoms with Crippen LogP contribution in [-0.2, 0) is 14.0 Å². The van der Waals surface area contributed by atoms with E-state index >= 15 is 0 Å². The zero-order chi connectivity index (χ0) is 15.1. The predicted octanol–water partition coefficient (Wildman–Crippen LogP) is 4.07. The van der Waals surface area contributed by atoms with Crippen molar-refractivity contribution in [3.63, 3.8) is 0 Å². The van der Waals surface area contributed by atoms with Gasteiger partial charge >= 0.3 is 5.97 Å². The van der Waals surface area contributed by atoms with Crippen molar-refractivity contribution in [1.82, 2.24) is 0 Å². The second-order valence-corrected chi connectivity index (χ2v) is 10.9. The molecular formula is C15H28O3Si. The molecular weight excluding hydrogens is 256 g/mol. The molecule has 0 radical (unpaired) electrons. The molecule has 0 aliphatic rings. The minimum absolute atomic E-state index is 0.218. The highest BCUT2D eigenvalue weighted by Crippen LogP contribution is 2.36. The van der Waals surface area contributed by atoms with Gasteiger partial charge in [-0.25, -0.2) is 4.79 Å². The van der Waals surface area contributed by atoms with Crippen LogP contribution in [0.4, 0.5) is 0 Å². The molecule has 0 saturated carbocycles. The molecule has 0 bridgehead atoms. The maximum absolute atomic E-state index is 11.2. The molecule has 4 heteroatoms. The highest BCUT2D eigenvalue weighted by Gasteiger charge is 2.36. The van der Waals surface area contributed by atoms with E-state index in [4.69, 9.17) is 9.16 Å². The van der Waals surface area contributed by atoms with Crippen molar-refractivity contribution >= 4 is 14.3 Å². The normalized spacial score (nSPS) is 13.9. The van der Waals surface area contributed by atoms with Crippen LogP contribution in [0.2, 0.25) is 18.1 Å². The molecule has 0 saturated heterocycles. The zero-order valence-electron chi connectivity index (χ0n) is 13.4. The second kappa shape index (κ2) is 7.65. The summed E-state index contributed by atoms with van der Waals surface area (Å²) in [6.07, 6.45) is 5.20. The first-order valence-electron chi connectivity index (χ1n) is 6.75. The molecule has 19 heavy (non-hydrogen) atoms. The Balaban J connectivity index is 4.31. The molecule has 0 rings (SSSR count). The lowest BCUT2D eigenvalue weighted by Gasteiger charge is -2.35. The fraction of sp³-hybridized carbons (Fsp3) is 0.667. The summed E-state index contributed by atoms with van der Waals surface area (Å²) in [5.74, 6) is -0.305. The van der Waals surface area contributed by atoms with Crippen LogP contribution >= 0.6 is 0 Å². The third kappa shape index (κ3) is 7.33. The Morgan fingerprint density at radius 1 is 1.21 bits per heavy atom. The van der Waals surface area contributed by atoms with E-state index in [1.54, 1.807) is 13.0 Å². The standard InChI is InChI=1S/C15H28O3Si/c1-8-17-14(16)10-9-13(2)11-12-18-19(6,7)15(3,4)5/h9-11H,8,12H2,1-7H3/b10-9+,13-11+. The lowest BCUT2D eigenvalue weighted by Crippen LogP contribution is -2.40. The van der Waals surface area contributed by atoms with Crippen molar-refractivity contribution in [2.75, 3.05) is 13.2 Å². The molecule has 3 nitrogen and oxygen atoms in total. The van der Waals surface area contributed by atoms with E-state index in [2.05, 4.69) is 33.9 Å². The first-order valence-corrected chi connectivity index (χ1v) is 9.66. The fourth-order valence-corrected chi connectivity index (χ4v) is 1.99. The van der Waals surface area contributed by atoms with Crippen molar-refractivity contribution in [3.8, 4) is 0 Å². The Labute approximate surface area is 118 Å². The number of esters is 1. The number of hydrogen-bond donors (Lipinski definition) is 0. The maximum Gasteiger partial charge on any atom is 0.330 e. The maximum atomic E-state index is 11.2. The van der Waals surface area contributed by atoms with Crippen LogP contribution in [0.5, 0.6) is 0 Å². The number of carbonyl (C=O) groups excluding carboxylic acids is 1. The molecule has 0 N–H and O–H groups in total. The quantitative estimate of drug-likeness (QED) is 0.319. The summed E-state index contributed by atoms with van der Waals surface area (Å²) in [6.45, 7) is 15.8. The number of ether oxygens (including phenoxy) is 1. The van der Waals surface area contributed by atoms with Crippen molar-refractivity contribution in [1.29, 1.82) is 0 Å². The topological polar surface area (TPSA) is 35.5 Å². The molecule has 0 aromatic rings. The molecule has 0 aliphatic carbocycles. The van der Waals surface area contributed by atoms with Crippen LogP contribution in [0.25, 0.3) is 0 Å². The summed E-state index contributed by atoms with van der Waals surface area (Å²) in [6, 6.07) is 0. The third-order valence-electron chi connectivity index (χ3n) is 3.42. The molecule has 110 valence electrons. The van der Waals surface area contributed by atoms with Crippen LogP contribution in [0.1, 0.15) is 34.6 Å². The number of allylic oxidation sites excluding steroid dienone is 2. The van der Waals surface area contributed by atoms with E-state index in [9.17, 15) is 4.79 Å². The second-order valence-electron chi connectivity index (χ2n) is 6.10. The van der Waals surface area contributed by atoms with E-state index in [0.717, 1.165) is 5.57 Å². The van der Waals surface area contributed by atoms with Crippen molar-refractivity contribution in [3.05, 3.63) is 23.8 Å². The lowest BCUT2D eigenvalue weighted by atomic mass is 10.2. The predicted molar refractivity (Wildman–Crippen MR) is 82.7 cm³/mol. The Hall–Kier alpha value is -0.873. The van der Waals surface area contributed by atoms with Crippen molar-refractivity contribution < 1.29 is 14.0 Å². The fourth-order valence-electron chi connectivity index (χ4n) is 1.06. The molecule has 0 heterocycles. The molecule has 0 atom stereocenters. The Morgan fingerprint density at radius 2 is 1.79 bits per heavy atom. The van der Waals surface area contributed by atoms with E-state index in [1.165, 1.54) is 6.08 Å². The first kappa shape index (κ1) is 18.1. The van der Waals surface area contributed by atoms with Gasteiger partial charge < -0.3 is 9.16 Å². The molecule has 0 amide bonds. The van der Waals surface area contributed by atoms with Gasteiger partial charge in [0.25, 0.3) is 0 Å². The average Bonchev–Trinajstić information content (AvgIpc) is 2.25. The summed E-state index contributed by atoms with van der Waals surface area (Å²) < 4.78 is 10.8. The summed E-state index contributed by atoms with van der Waals surface area (Å²) in [4.78, 5) is 11.2. The molecule has 0 fully saturated rings. The van der Waals surface area contributed by atoms with E-state index in [-0.39, 0.29) is 11.0 Å². The van der Waals surface area contributed by atoms with Crippen LogP contribution < -0.4 is 0 Å². The molecule has 0 aromatic carbocycles. The van der Waals surface area contributed by atoms with Gasteiger partial charge in [0, 0.05) is 6.08 Å².